The Hall–Kier alpha value is -4.05. The zero-order valence-corrected chi connectivity index (χ0v) is 20.4. The summed E-state index contributed by atoms with van der Waals surface area (Å²) in [6, 6.07) is 19.1. The van der Waals surface area contributed by atoms with Gasteiger partial charge in [0.2, 0.25) is 0 Å². The molecule has 1 atom stereocenters. The lowest BCUT2D eigenvalue weighted by molar-refractivity contribution is -0.128. The second kappa shape index (κ2) is 11.4. The molecule has 0 aromatic heterocycles. The molecule has 0 spiro atoms. The van der Waals surface area contributed by atoms with E-state index >= 15 is 0 Å². The maximum Gasteiger partial charge on any atom is 0.279 e. The van der Waals surface area contributed by atoms with Gasteiger partial charge in [-0.1, -0.05) is 12.1 Å². The molecular weight excluding hydrogens is 470 g/mol. The first-order valence-electron chi connectivity index (χ1n) is 10.9. The molecule has 9 nitrogen and oxygen atoms in total. The first-order valence-corrected chi connectivity index (χ1v) is 12.4. The molecule has 184 valence electrons. The van der Waals surface area contributed by atoms with Gasteiger partial charge in [-0.25, -0.2) is 8.42 Å². The van der Waals surface area contributed by atoms with Gasteiger partial charge in [-0.05, 0) is 87.0 Å². The summed E-state index contributed by atoms with van der Waals surface area (Å²) in [6.07, 6.45) is -0.837. The van der Waals surface area contributed by atoms with Gasteiger partial charge in [0.1, 0.15) is 11.5 Å². The lowest BCUT2D eigenvalue weighted by Gasteiger charge is -2.15. The van der Waals surface area contributed by atoms with E-state index in [4.69, 9.17) is 9.47 Å². The topological polar surface area (TPSA) is 123 Å². The van der Waals surface area contributed by atoms with E-state index in [0.717, 1.165) is 5.56 Å². The largest absolute Gasteiger partial charge is 0.494 e. The Morgan fingerprint density at radius 1 is 0.914 bits per heavy atom. The zero-order valence-electron chi connectivity index (χ0n) is 19.6. The van der Waals surface area contributed by atoms with E-state index in [2.05, 4.69) is 15.6 Å². The third-order valence-corrected chi connectivity index (χ3v) is 6.21. The first kappa shape index (κ1) is 25.6. The fraction of sp³-hybridized carbons (Fsp3) is 0.200. The smallest absolute Gasteiger partial charge is 0.279 e. The van der Waals surface area contributed by atoms with Crippen molar-refractivity contribution in [3.8, 4) is 11.5 Å². The highest BCUT2D eigenvalue weighted by Gasteiger charge is 2.17. The number of aryl methyl sites for hydroxylation is 1. The van der Waals surface area contributed by atoms with Crippen molar-refractivity contribution >= 4 is 27.5 Å². The monoisotopic (exact) mass is 497 g/mol. The Balaban J connectivity index is 1.54. The Morgan fingerprint density at radius 2 is 1.60 bits per heavy atom. The number of carbonyl (C=O) groups excluding carboxylic acids is 2. The predicted octanol–water partition coefficient (Wildman–Crippen LogP) is 3.42. The average Bonchev–Trinajstić information content (AvgIpc) is 2.83. The number of nitrogens with one attached hydrogen (secondary N) is 3. The summed E-state index contributed by atoms with van der Waals surface area (Å²) in [5.74, 6) is 0.0221. The lowest BCUT2D eigenvalue weighted by atomic mass is 10.2. The molecule has 10 heteroatoms. The van der Waals surface area contributed by atoms with Crippen molar-refractivity contribution in [3.05, 3.63) is 83.9 Å². The second-order valence-electron chi connectivity index (χ2n) is 7.61. The Bertz CT molecular complexity index is 1280. The van der Waals surface area contributed by atoms with Crippen molar-refractivity contribution in [3.63, 3.8) is 0 Å². The standard InChI is InChI=1S/C25H27N3O6S/c1-4-33-21-12-14-23(15-13-21)35(31,32)28-20-10-8-19(9-11-20)25(30)27-26-24(29)18(3)34-22-7-5-6-17(2)16-22/h5-16,18,28H,4H2,1-3H3,(H,26,29)(H,27,30). The number of hydrogen-bond acceptors (Lipinski definition) is 6. The van der Waals surface area contributed by atoms with Crippen LogP contribution in [0, 0.1) is 6.92 Å². The van der Waals surface area contributed by atoms with Gasteiger partial charge in [0.05, 0.1) is 11.5 Å². The van der Waals surface area contributed by atoms with Crippen LogP contribution in [0.25, 0.3) is 0 Å². The number of rotatable bonds is 9. The molecule has 0 aliphatic rings. The summed E-state index contributed by atoms with van der Waals surface area (Å²) < 4.78 is 38.5. The zero-order chi connectivity index (χ0) is 25.4. The molecule has 1 unspecified atom stereocenters. The van der Waals surface area contributed by atoms with Crippen LogP contribution < -0.4 is 25.0 Å². The molecule has 0 aliphatic heterocycles. The minimum Gasteiger partial charge on any atom is -0.494 e. The lowest BCUT2D eigenvalue weighted by Crippen LogP contribution is -2.47. The highest BCUT2D eigenvalue weighted by Crippen LogP contribution is 2.20. The van der Waals surface area contributed by atoms with Crippen molar-refractivity contribution in [2.45, 2.75) is 31.8 Å². The molecule has 0 bridgehead atoms. The maximum atomic E-state index is 12.6. The summed E-state index contributed by atoms with van der Waals surface area (Å²) in [7, 11) is -3.81. The van der Waals surface area contributed by atoms with Crippen LogP contribution in [0.3, 0.4) is 0 Å². The summed E-state index contributed by atoms with van der Waals surface area (Å²) in [4.78, 5) is 24.7. The van der Waals surface area contributed by atoms with Crippen molar-refractivity contribution in [2.24, 2.45) is 0 Å². The normalized spacial score (nSPS) is 11.7. The van der Waals surface area contributed by atoms with Gasteiger partial charge in [-0.2, -0.15) is 0 Å². The van der Waals surface area contributed by atoms with E-state index < -0.39 is 27.9 Å². The number of sulfonamides is 1. The molecule has 0 fully saturated rings. The molecular formula is C25H27N3O6S. The van der Waals surface area contributed by atoms with E-state index in [1.54, 1.807) is 31.2 Å². The molecule has 3 aromatic carbocycles. The number of hydrogen-bond donors (Lipinski definition) is 3. The van der Waals surface area contributed by atoms with Gasteiger partial charge in [0.25, 0.3) is 21.8 Å². The third kappa shape index (κ3) is 7.21. The number of benzene rings is 3. The number of ether oxygens (including phenoxy) is 2. The van der Waals surface area contributed by atoms with Crippen LogP contribution in [0.5, 0.6) is 11.5 Å². The quantitative estimate of drug-likeness (QED) is 0.389. The fourth-order valence-electron chi connectivity index (χ4n) is 3.02. The summed E-state index contributed by atoms with van der Waals surface area (Å²) in [5, 5.41) is 0. The molecule has 0 aliphatic carbocycles. The van der Waals surface area contributed by atoms with Crippen molar-refractivity contribution < 1.29 is 27.5 Å². The van der Waals surface area contributed by atoms with Crippen LogP contribution in [0.4, 0.5) is 5.69 Å². The average molecular weight is 498 g/mol. The van der Waals surface area contributed by atoms with Crippen molar-refractivity contribution in [1.29, 1.82) is 0 Å². The van der Waals surface area contributed by atoms with Gasteiger partial charge in [0, 0.05) is 11.3 Å². The van der Waals surface area contributed by atoms with Crippen LogP contribution in [0.2, 0.25) is 0 Å². The number of anilines is 1. The summed E-state index contributed by atoms with van der Waals surface area (Å²) in [5.41, 5.74) is 6.13. The minimum atomic E-state index is -3.81. The Labute approximate surface area is 204 Å². The van der Waals surface area contributed by atoms with Crippen LogP contribution in [0.15, 0.2) is 77.7 Å². The molecule has 35 heavy (non-hydrogen) atoms. The predicted molar refractivity (Wildman–Crippen MR) is 132 cm³/mol. The van der Waals surface area contributed by atoms with Crippen LogP contribution in [-0.4, -0.2) is 32.9 Å². The number of carbonyl (C=O) groups is 2. The van der Waals surface area contributed by atoms with Gasteiger partial charge >= 0.3 is 0 Å². The molecule has 3 aromatic rings. The van der Waals surface area contributed by atoms with Crippen molar-refractivity contribution in [2.75, 3.05) is 11.3 Å². The number of amides is 2. The highest BCUT2D eigenvalue weighted by molar-refractivity contribution is 7.92. The van der Waals surface area contributed by atoms with Gasteiger partial charge in [-0.15, -0.1) is 0 Å². The minimum absolute atomic E-state index is 0.0764. The van der Waals surface area contributed by atoms with E-state index in [9.17, 15) is 18.0 Å². The number of hydrazine groups is 1. The highest BCUT2D eigenvalue weighted by atomic mass is 32.2. The van der Waals surface area contributed by atoms with E-state index in [1.165, 1.54) is 36.4 Å². The molecule has 3 N–H and O–H groups in total. The van der Waals surface area contributed by atoms with Crippen LogP contribution in [0.1, 0.15) is 29.8 Å². The van der Waals surface area contributed by atoms with E-state index in [-0.39, 0.29) is 16.1 Å². The van der Waals surface area contributed by atoms with E-state index in [1.807, 2.05) is 26.0 Å². The summed E-state index contributed by atoms with van der Waals surface area (Å²) >= 11 is 0. The van der Waals surface area contributed by atoms with Gasteiger partial charge < -0.3 is 9.47 Å². The van der Waals surface area contributed by atoms with Gasteiger partial charge in [0.15, 0.2) is 6.10 Å². The van der Waals surface area contributed by atoms with Gasteiger partial charge in [-0.3, -0.25) is 25.2 Å². The van der Waals surface area contributed by atoms with Crippen LogP contribution >= 0.6 is 0 Å². The molecule has 0 saturated heterocycles. The Kier molecular flexibility index (Phi) is 8.32. The SMILES string of the molecule is CCOc1ccc(S(=O)(=O)Nc2ccc(C(=O)NNC(=O)C(C)Oc3cccc(C)c3)cc2)cc1. The van der Waals surface area contributed by atoms with E-state index in [0.29, 0.717) is 18.1 Å². The molecule has 3 rings (SSSR count). The first-order chi connectivity index (χ1) is 16.7. The molecule has 0 saturated carbocycles. The molecule has 0 heterocycles. The second-order valence-corrected chi connectivity index (χ2v) is 9.29. The summed E-state index contributed by atoms with van der Waals surface area (Å²) in [6.45, 7) is 5.79. The van der Waals surface area contributed by atoms with Crippen molar-refractivity contribution in [1.82, 2.24) is 10.9 Å². The third-order valence-electron chi connectivity index (χ3n) is 4.82. The molecule has 0 radical (unpaired) electrons. The fourth-order valence-corrected chi connectivity index (χ4v) is 4.08. The van der Waals surface area contributed by atoms with Crippen LogP contribution in [-0.2, 0) is 14.8 Å². The molecule has 2 amide bonds. The maximum absolute atomic E-state index is 12.6. The Morgan fingerprint density at radius 3 is 2.23 bits per heavy atom.